The molecule has 1 saturated heterocycles. The molecule has 1 fully saturated rings. The Hall–Kier alpha value is -3.38. The number of amides is 1. The van der Waals surface area contributed by atoms with Crippen LogP contribution in [0.5, 0.6) is 5.75 Å². The molecule has 172 valence electrons. The topological polar surface area (TPSA) is 45.7 Å². The number of fused-ring (bicyclic) bond motifs is 1. The number of benzene rings is 3. The SMILES string of the molecule is COc1ccc(N2CCN(C(=O)c3cc(-c4ccc(C)cc4)nc4ccc(Br)cc34)CC2)cc1. The van der Waals surface area contributed by atoms with Gasteiger partial charge in [-0.1, -0.05) is 45.8 Å². The van der Waals surface area contributed by atoms with Gasteiger partial charge < -0.3 is 14.5 Å². The van der Waals surface area contributed by atoms with E-state index in [1.54, 1.807) is 7.11 Å². The fourth-order valence-corrected chi connectivity index (χ4v) is 4.74. The van der Waals surface area contributed by atoms with Crippen LogP contribution in [0.4, 0.5) is 5.69 Å². The van der Waals surface area contributed by atoms with Gasteiger partial charge in [0.05, 0.1) is 23.9 Å². The van der Waals surface area contributed by atoms with Crippen LogP contribution in [0.2, 0.25) is 0 Å². The first kappa shape index (κ1) is 22.4. The summed E-state index contributed by atoms with van der Waals surface area (Å²) >= 11 is 3.56. The van der Waals surface area contributed by atoms with Gasteiger partial charge in [-0.2, -0.15) is 0 Å². The fraction of sp³-hybridized carbons (Fsp3) is 0.214. The molecule has 1 amide bonds. The van der Waals surface area contributed by atoms with Crippen molar-refractivity contribution in [3.8, 4) is 17.0 Å². The van der Waals surface area contributed by atoms with Gasteiger partial charge in [-0.15, -0.1) is 0 Å². The summed E-state index contributed by atoms with van der Waals surface area (Å²) in [6.45, 7) is 4.98. The van der Waals surface area contributed by atoms with Gasteiger partial charge in [-0.3, -0.25) is 4.79 Å². The summed E-state index contributed by atoms with van der Waals surface area (Å²) in [4.78, 5) is 22.9. The number of ether oxygens (including phenoxy) is 1. The highest BCUT2D eigenvalue weighted by molar-refractivity contribution is 9.10. The van der Waals surface area contributed by atoms with Gasteiger partial charge in [0.25, 0.3) is 5.91 Å². The van der Waals surface area contributed by atoms with Crippen molar-refractivity contribution in [2.24, 2.45) is 0 Å². The Kier molecular flexibility index (Phi) is 6.24. The summed E-state index contributed by atoms with van der Waals surface area (Å²) in [6, 6.07) is 24.2. The molecule has 1 aliphatic heterocycles. The van der Waals surface area contributed by atoms with Crippen molar-refractivity contribution < 1.29 is 9.53 Å². The molecule has 0 bridgehead atoms. The van der Waals surface area contributed by atoms with Gasteiger partial charge in [0.1, 0.15) is 5.75 Å². The van der Waals surface area contributed by atoms with Gasteiger partial charge >= 0.3 is 0 Å². The minimum Gasteiger partial charge on any atom is -0.497 e. The molecule has 5 rings (SSSR count). The number of pyridine rings is 1. The van der Waals surface area contributed by atoms with Crippen LogP contribution in [0.15, 0.2) is 77.3 Å². The second kappa shape index (κ2) is 9.47. The molecule has 6 heteroatoms. The second-order valence-electron chi connectivity index (χ2n) is 8.56. The maximum absolute atomic E-state index is 13.7. The molecule has 34 heavy (non-hydrogen) atoms. The number of halogens is 1. The maximum Gasteiger partial charge on any atom is 0.254 e. The minimum atomic E-state index is 0.0493. The lowest BCUT2D eigenvalue weighted by atomic mass is 10.0. The van der Waals surface area contributed by atoms with Crippen LogP contribution in [0.3, 0.4) is 0 Å². The smallest absolute Gasteiger partial charge is 0.254 e. The summed E-state index contributed by atoms with van der Waals surface area (Å²) in [5.74, 6) is 0.894. The maximum atomic E-state index is 13.7. The molecule has 2 heterocycles. The Morgan fingerprint density at radius 2 is 1.62 bits per heavy atom. The van der Waals surface area contributed by atoms with Gasteiger partial charge in [0, 0.05) is 47.3 Å². The van der Waals surface area contributed by atoms with E-state index in [-0.39, 0.29) is 5.91 Å². The van der Waals surface area contributed by atoms with Gasteiger partial charge in [0.2, 0.25) is 0 Å². The van der Waals surface area contributed by atoms with Gasteiger partial charge in [-0.25, -0.2) is 4.98 Å². The van der Waals surface area contributed by atoms with E-state index in [1.807, 2.05) is 41.3 Å². The van der Waals surface area contributed by atoms with Gasteiger partial charge in [-0.05, 0) is 55.5 Å². The molecule has 0 radical (unpaired) electrons. The summed E-state index contributed by atoms with van der Waals surface area (Å²) in [5, 5.41) is 0.868. The van der Waals surface area contributed by atoms with E-state index in [0.29, 0.717) is 18.7 Å². The first-order valence-corrected chi connectivity index (χ1v) is 12.2. The van der Waals surface area contributed by atoms with Crippen molar-refractivity contribution >= 4 is 38.4 Å². The van der Waals surface area contributed by atoms with Crippen molar-refractivity contribution in [3.63, 3.8) is 0 Å². The molecule has 0 atom stereocenters. The Balaban J connectivity index is 1.43. The van der Waals surface area contributed by atoms with E-state index >= 15 is 0 Å². The molecular weight excluding hydrogens is 490 g/mol. The van der Waals surface area contributed by atoms with E-state index in [2.05, 4.69) is 64.2 Å². The van der Waals surface area contributed by atoms with E-state index in [1.165, 1.54) is 5.56 Å². The second-order valence-corrected chi connectivity index (χ2v) is 9.48. The third-order valence-corrected chi connectivity index (χ3v) is 6.85. The van der Waals surface area contributed by atoms with Crippen LogP contribution in [-0.4, -0.2) is 49.1 Å². The van der Waals surface area contributed by atoms with Crippen molar-refractivity contribution in [1.29, 1.82) is 0 Å². The third-order valence-electron chi connectivity index (χ3n) is 6.35. The zero-order valence-electron chi connectivity index (χ0n) is 19.3. The molecule has 0 N–H and O–H groups in total. The number of rotatable bonds is 4. The number of nitrogens with zero attached hydrogens (tertiary/aromatic N) is 3. The molecule has 5 nitrogen and oxygen atoms in total. The highest BCUT2D eigenvalue weighted by Crippen LogP contribution is 2.29. The molecule has 0 spiro atoms. The van der Waals surface area contributed by atoms with Crippen LogP contribution in [-0.2, 0) is 0 Å². The average Bonchev–Trinajstić information content (AvgIpc) is 2.88. The van der Waals surface area contributed by atoms with E-state index in [9.17, 15) is 4.79 Å². The summed E-state index contributed by atoms with van der Waals surface area (Å²) in [5.41, 5.74) is 5.68. The highest BCUT2D eigenvalue weighted by Gasteiger charge is 2.25. The number of anilines is 1. The van der Waals surface area contributed by atoms with Gasteiger partial charge in [0.15, 0.2) is 0 Å². The van der Waals surface area contributed by atoms with Crippen LogP contribution >= 0.6 is 15.9 Å². The number of carbonyl (C=O) groups is 1. The summed E-state index contributed by atoms with van der Waals surface area (Å²) < 4.78 is 6.20. The van der Waals surface area contributed by atoms with Crippen molar-refractivity contribution in [2.45, 2.75) is 6.92 Å². The largest absolute Gasteiger partial charge is 0.497 e. The molecule has 0 unspecified atom stereocenters. The zero-order chi connectivity index (χ0) is 23.7. The number of carbonyl (C=O) groups excluding carboxylic acids is 1. The number of hydrogen-bond donors (Lipinski definition) is 0. The Labute approximate surface area is 208 Å². The minimum absolute atomic E-state index is 0.0493. The fourth-order valence-electron chi connectivity index (χ4n) is 4.38. The molecule has 0 saturated carbocycles. The Bertz CT molecular complexity index is 1330. The summed E-state index contributed by atoms with van der Waals surface area (Å²) in [6.07, 6.45) is 0. The lowest BCUT2D eigenvalue weighted by Crippen LogP contribution is -2.48. The van der Waals surface area contributed by atoms with Crippen LogP contribution in [0.25, 0.3) is 22.2 Å². The number of aromatic nitrogens is 1. The van der Waals surface area contributed by atoms with Crippen molar-refractivity contribution in [3.05, 3.63) is 88.4 Å². The highest BCUT2D eigenvalue weighted by atomic mass is 79.9. The Morgan fingerprint density at radius 3 is 2.29 bits per heavy atom. The number of piperazine rings is 1. The quantitative estimate of drug-likeness (QED) is 0.337. The first-order chi connectivity index (χ1) is 16.5. The lowest BCUT2D eigenvalue weighted by Gasteiger charge is -2.36. The monoisotopic (exact) mass is 515 g/mol. The van der Waals surface area contributed by atoms with E-state index in [0.717, 1.165) is 51.2 Å². The van der Waals surface area contributed by atoms with Crippen LogP contribution in [0.1, 0.15) is 15.9 Å². The number of hydrogen-bond acceptors (Lipinski definition) is 4. The van der Waals surface area contributed by atoms with Crippen molar-refractivity contribution in [1.82, 2.24) is 9.88 Å². The number of methoxy groups -OCH3 is 1. The normalized spacial score (nSPS) is 13.9. The third kappa shape index (κ3) is 4.50. The predicted molar refractivity (Wildman–Crippen MR) is 141 cm³/mol. The molecule has 1 aliphatic rings. The standard InChI is InChI=1S/C28H26BrN3O2/c1-19-3-5-20(6-4-19)27-18-25(24-17-21(29)7-12-26(24)30-27)28(33)32-15-13-31(14-16-32)22-8-10-23(34-2)11-9-22/h3-12,17-18H,13-16H2,1-2H3. The first-order valence-electron chi connectivity index (χ1n) is 11.4. The van der Waals surface area contributed by atoms with E-state index in [4.69, 9.17) is 9.72 Å². The Morgan fingerprint density at radius 1 is 0.912 bits per heavy atom. The van der Waals surface area contributed by atoms with Crippen LogP contribution < -0.4 is 9.64 Å². The summed E-state index contributed by atoms with van der Waals surface area (Å²) in [7, 11) is 1.67. The molecule has 1 aromatic heterocycles. The predicted octanol–water partition coefficient (Wildman–Crippen LogP) is 5.94. The molecule has 0 aliphatic carbocycles. The van der Waals surface area contributed by atoms with Crippen LogP contribution in [0, 0.1) is 6.92 Å². The molecule has 3 aromatic carbocycles. The van der Waals surface area contributed by atoms with Crippen molar-refractivity contribution in [2.75, 3.05) is 38.2 Å². The van der Waals surface area contributed by atoms with E-state index < -0.39 is 0 Å². The molecule has 4 aromatic rings. The number of aryl methyl sites for hydroxylation is 1. The lowest BCUT2D eigenvalue weighted by molar-refractivity contribution is 0.0748. The zero-order valence-corrected chi connectivity index (χ0v) is 20.9. The molecular formula is C28H26BrN3O2. The average molecular weight is 516 g/mol.